The molecular formula is C16H16N2O3. The number of fused-ring (bicyclic) bond motifs is 1. The number of pyridine rings is 1. The maximum atomic E-state index is 11.7. The molecular weight excluding hydrogens is 268 g/mol. The third-order valence-corrected chi connectivity index (χ3v) is 3.31. The molecule has 108 valence electrons. The summed E-state index contributed by atoms with van der Waals surface area (Å²) in [7, 11) is 0. The molecule has 0 unspecified atom stereocenters. The van der Waals surface area contributed by atoms with Crippen molar-refractivity contribution in [2.45, 2.75) is 13.3 Å². The van der Waals surface area contributed by atoms with Crippen LogP contribution in [0.5, 0.6) is 0 Å². The van der Waals surface area contributed by atoms with Gasteiger partial charge in [-0.15, -0.1) is 0 Å². The molecule has 1 aliphatic heterocycles. The average Bonchev–Trinajstić information content (AvgIpc) is 2.86. The lowest BCUT2D eigenvalue weighted by atomic mass is 10.0. The minimum absolute atomic E-state index is 0. The van der Waals surface area contributed by atoms with Crippen LogP contribution in [0.3, 0.4) is 0 Å². The van der Waals surface area contributed by atoms with Gasteiger partial charge >= 0.3 is 5.97 Å². The van der Waals surface area contributed by atoms with Gasteiger partial charge in [0.25, 0.3) is 0 Å². The van der Waals surface area contributed by atoms with Crippen molar-refractivity contribution in [3.05, 3.63) is 47.8 Å². The third kappa shape index (κ3) is 2.63. The van der Waals surface area contributed by atoms with Crippen molar-refractivity contribution in [2.24, 2.45) is 0 Å². The summed E-state index contributed by atoms with van der Waals surface area (Å²) in [5.74, 6) is -0.432. The fraction of sp³-hybridized carbons (Fsp3) is 0.188. The van der Waals surface area contributed by atoms with E-state index in [0.717, 1.165) is 22.4 Å². The summed E-state index contributed by atoms with van der Waals surface area (Å²) in [6.45, 7) is 2.07. The predicted molar refractivity (Wildman–Crippen MR) is 80.1 cm³/mol. The Labute approximate surface area is 123 Å². The monoisotopic (exact) mass is 284 g/mol. The molecule has 0 aliphatic carbocycles. The first-order valence-corrected chi connectivity index (χ1v) is 6.73. The van der Waals surface area contributed by atoms with Gasteiger partial charge in [0, 0.05) is 13.3 Å². The third-order valence-electron chi connectivity index (χ3n) is 3.31. The van der Waals surface area contributed by atoms with E-state index in [1.165, 1.54) is 0 Å². The minimum atomic E-state index is -0.436. The van der Waals surface area contributed by atoms with Crippen molar-refractivity contribution in [3.8, 4) is 11.1 Å². The summed E-state index contributed by atoms with van der Waals surface area (Å²) < 4.78 is 4.95. The number of nitrogens with one attached hydrogen (secondary N) is 1. The maximum Gasteiger partial charge on any atom is 0.356 e. The van der Waals surface area contributed by atoms with Crippen LogP contribution < -0.4 is 5.32 Å². The van der Waals surface area contributed by atoms with Gasteiger partial charge in [-0.25, -0.2) is 9.78 Å². The summed E-state index contributed by atoms with van der Waals surface area (Å²) in [5, 5.41) is 2.82. The number of carbonyl (C=O) groups is 2. The molecule has 3 rings (SSSR count). The van der Waals surface area contributed by atoms with Crippen LogP contribution in [0, 0.1) is 0 Å². The van der Waals surface area contributed by atoms with E-state index in [2.05, 4.69) is 10.3 Å². The number of anilines is 1. The molecule has 1 N–H and O–H groups in total. The summed E-state index contributed by atoms with van der Waals surface area (Å²) in [4.78, 5) is 27.1. The zero-order valence-electron chi connectivity index (χ0n) is 11.6. The van der Waals surface area contributed by atoms with Crippen molar-refractivity contribution >= 4 is 17.6 Å². The van der Waals surface area contributed by atoms with E-state index >= 15 is 0 Å². The number of rotatable bonds is 3. The number of carbonyl (C=O) groups excluding carboxylic acids is 2. The molecule has 21 heavy (non-hydrogen) atoms. The number of amides is 1. The van der Waals surface area contributed by atoms with Crippen LogP contribution in [-0.2, 0) is 16.0 Å². The van der Waals surface area contributed by atoms with E-state index in [1.54, 1.807) is 19.2 Å². The quantitative estimate of drug-likeness (QED) is 0.880. The SMILES string of the molecule is CCOC(=O)c1cc(-c2ccc3c(c2)NC(=O)C3)ccn1.[HH]. The second-order valence-electron chi connectivity index (χ2n) is 4.75. The Kier molecular flexibility index (Phi) is 3.39. The Morgan fingerprint density at radius 2 is 2.14 bits per heavy atom. The number of hydrogen-bond acceptors (Lipinski definition) is 4. The number of nitrogens with zero attached hydrogens (tertiary/aromatic N) is 1. The molecule has 0 saturated heterocycles. The summed E-state index contributed by atoms with van der Waals surface area (Å²) >= 11 is 0. The van der Waals surface area contributed by atoms with Gasteiger partial charge in [-0.2, -0.15) is 0 Å². The first kappa shape index (κ1) is 13.3. The van der Waals surface area contributed by atoms with Crippen molar-refractivity contribution in [1.29, 1.82) is 0 Å². The average molecular weight is 284 g/mol. The molecule has 1 amide bonds. The predicted octanol–water partition coefficient (Wildman–Crippen LogP) is 2.67. The van der Waals surface area contributed by atoms with E-state index in [-0.39, 0.29) is 13.0 Å². The fourth-order valence-electron chi connectivity index (χ4n) is 2.32. The van der Waals surface area contributed by atoms with E-state index in [9.17, 15) is 9.59 Å². The lowest BCUT2D eigenvalue weighted by Gasteiger charge is -2.06. The topological polar surface area (TPSA) is 68.3 Å². The lowest BCUT2D eigenvalue weighted by molar-refractivity contribution is -0.115. The molecule has 1 aromatic carbocycles. The van der Waals surface area contributed by atoms with E-state index in [4.69, 9.17) is 4.74 Å². The van der Waals surface area contributed by atoms with Gasteiger partial charge in [-0.3, -0.25) is 4.79 Å². The van der Waals surface area contributed by atoms with Gasteiger partial charge in [0.15, 0.2) is 0 Å². The molecule has 2 heterocycles. The van der Waals surface area contributed by atoms with Crippen LogP contribution in [0.15, 0.2) is 36.5 Å². The second-order valence-corrected chi connectivity index (χ2v) is 4.75. The first-order chi connectivity index (χ1) is 10.2. The minimum Gasteiger partial charge on any atom is -0.461 e. The number of esters is 1. The smallest absolute Gasteiger partial charge is 0.356 e. The standard InChI is InChI=1S/C16H14N2O3.H2/c1-2-21-16(20)14-8-11(5-6-17-14)10-3-4-12-9-15(19)18-13(12)7-10;/h3-8H,2,9H2,1H3,(H,18,19);1H. The molecule has 0 bridgehead atoms. The maximum absolute atomic E-state index is 11.7. The van der Waals surface area contributed by atoms with Gasteiger partial charge in [0.1, 0.15) is 5.69 Å². The summed E-state index contributed by atoms with van der Waals surface area (Å²) in [5.41, 5.74) is 3.87. The van der Waals surface area contributed by atoms with Crippen molar-refractivity contribution < 1.29 is 15.8 Å². The first-order valence-electron chi connectivity index (χ1n) is 6.73. The number of aromatic nitrogens is 1. The number of benzene rings is 1. The van der Waals surface area contributed by atoms with Gasteiger partial charge in [0.2, 0.25) is 5.91 Å². The van der Waals surface area contributed by atoms with Gasteiger partial charge < -0.3 is 10.1 Å². The fourth-order valence-corrected chi connectivity index (χ4v) is 2.32. The number of ether oxygens (including phenoxy) is 1. The highest BCUT2D eigenvalue weighted by atomic mass is 16.5. The van der Waals surface area contributed by atoms with Crippen molar-refractivity contribution in [2.75, 3.05) is 11.9 Å². The molecule has 2 aromatic rings. The Bertz CT molecular complexity index is 731. The van der Waals surface area contributed by atoms with E-state index < -0.39 is 5.97 Å². The highest BCUT2D eigenvalue weighted by Gasteiger charge is 2.18. The largest absolute Gasteiger partial charge is 0.461 e. The van der Waals surface area contributed by atoms with Crippen LogP contribution in [-0.4, -0.2) is 23.5 Å². The molecule has 0 fully saturated rings. The van der Waals surface area contributed by atoms with E-state index in [0.29, 0.717) is 13.0 Å². The molecule has 5 heteroatoms. The van der Waals surface area contributed by atoms with Gasteiger partial charge in [-0.05, 0) is 41.8 Å². The lowest BCUT2D eigenvalue weighted by Crippen LogP contribution is -2.06. The van der Waals surface area contributed by atoms with Crippen molar-refractivity contribution in [1.82, 2.24) is 4.98 Å². The Hall–Kier alpha value is -2.69. The summed E-state index contributed by atoms with van der Waals surface area (Å²) in [6.07, 6.45) is 1.99. The Balaban J connectivity index is 0.00000176. The van der Waals surface area contributed by atoms with Crippen molar-refractivity contribution in [3.63, 3.8) is 0 Å². The molecule has 0 radical (unpaired) electrons. The summed E-state index contributed by atoms with van der Waals surface area (Å²) in [6, 6.07) is 9.28. The van der Waals surface area contributed by atoms with Crippen LogP contribution >= 0.6 is 0 Å². The molecule has 1 aliphatic rings. The molecule has 5 nitrogen and oxygen atoms in total. The van der Waals surface area contributed by atoms with E-state index in [1.807, 2.05) is 24.3 Å². The van der Waals surface area contributed by atoms with Crippen LogP contribution in [0.1, 0.15) is 24.4 Å². The molecule has 0 spiro atoms. The highest BCUT2D eigenvalue weighted by Crippen LogP contribution is 2.29. The van der Waals surface area contributed by atoms with Gasteiger partial charge in [0.05, 0.1) is 13.0 Å². The number of hydrogen-bond donors (Lipinski definition) is 1. The van der Waals surface area contributed by atoms with Gasteiger partial charge in [-0.1, -0.05) is 12.1 Å². The molecule has 0 saturated carbocycles. The zero-order chi connectivity index (χ0) is 14.8. The normalized spacial score (nSPS) is 12.7. The molecule has 1 aromatic heterocycles. The molecule has 0 atom stereocenters. The second kappa shape index (κ2) is 5.36. The Morgan fingerprint density at radius 1 is 1.33 bits per heavy atom. The van der Waals surface area contributed by atoms with Crippen LogP contribution in [0.4, 0.5) is 5.69 Å². The Morgan fingerprint density at radius 3 is 2.95 bits per heavy atom. The van der Waals surface area contributed by atoms with Crippen LogP contribution in [0.25, 0.3) is 11.1 Å². The highest BCUT2D eigenvalue weighted by molar-refractivity contribution is 6.00. The van der Waals surface area contributed by atoms with Crippen LogP contribution in [0.2, 0.25) is 0 Å². The zero-order valence-corrected chi connectivity index (χ0v) is 11.6.